The van der Waals surface area contributed by atoms with E-state index in [9.17, 15) is 32.3 Å². The molecule has 3 N–H and O–H groups in total. The molecule has 1 atom stereocenters. The second kappa shape index (κ2) is 16.2. The van der Waals surface area contributed by atoms with Gasteiger partial charge in [-0.1, -0.05) is 19.9 Å². The highest BCUT2D eigenvalue weighted by Crippen LogP contribution is 2.37. The van der Waals surface area contributed by atoms with Gasteiger partial charge in [-0.15, -0.1) is 0 Å². The number of nitrogens with one attached hydrogen (secondary N) is 3. The molecular weight excluding hydrogens is 699 g/mol. The van der Waals surface area contributed by atoms with Crippen LogP contribution in [-0.2, 0) is 22.3 Å². The van der Waals surface area contributed by atoms with Gasteiger partial charge in [0.2, 0.25) is 11.8 Å². The normalized spacial score (nSPS) is 16.6. The Labute approximate surface area is 303 Å². The summed E-state index contributed by atoms with van der Waals surface area (Å²) in [5, 5.41) is 12.3. The number of aromatic nitrogens is 3. The standard InChI is InChI=1S/C36H40F3N7O7/c1-20(2)32-34(49)41-18-23-25(51-4)9-8-10-26(23)53-28-16-22(11-12-27(28)52-5)33(48)40-13-6-7-14-45(19-31(47)43-32)35(50)24-17-30-42-21(3)15-29(36(37,38)39)46(30)44-24/h8-12,15-17,20,32H,6-7,13-14,18-19H2,1-5H3,(H,40,48)(H,41,49)(H,43,47)/t32-/m1/s1. The minimum Gasteiger partial charge on any atom is -0.496 e. The Kier molecular flexibility index (Phi) is 11.7. The first-order valence-corrected chi connectivity index (χ1v) is 16.8. The first kappa shape index (κ1) is 38.4. The summed E-state index contributed by atoms with van der Waals surface area (Å²) in [5.74, 6) is -1.54. The van der Waals surface area contributed by atoms with Crippen LogP contribution in [0.4, 0.5) is 13.2 Å². The molecule has 0 spiro atoms. The molecule has 5 rings (SSSR count). The first-order valence-electron chi connectivity index (χ1n) is 16.8. The van der Waals surface area contributed by atoms with Crippen molar-refractivity contribution in [1.82, 2.24) is 35.4 Å². The molecule has 2 aromatic heterocycles. The number of hydrogen-bond acceptors (Lipinski definition) is 9. The van der Waals surface area contributed by atoms with Crippen molar-refractivity contribution in [3.05, 3.63) is 76.7 Å². The molecule has 2 bridgehead atoms. The van der Waals surface area contributed by atoms with E-state index in [0.717, 1.165) is 17.0 Å². The summed E-state index contributed by atoms with van der Waals surface area (Å²) in [6.07, 6.45) is -4.12. The van der Waals surface area contributed by atoms with Crippen LogP contribution in [0, 0.1) is 12.8 Å². The number of nitrogens with zero attached hydrogens (tertiary/aromatic N) is 4. The number of halogens is 3. The number of carbonyl (C=O) groups excluding carboxylic acids is 4. The van der Waals surface area contributed by atoms with Crippen molar-refractivity contribution in [2.45, 2.75) is 52.4 Å². The zero-order valence-corrected chi connectivity index (χ0v) is 29.8. The van der Waals surface area contributed by atoms with Crippen molar-refractivity contribution >= 4 is 29.3 Å². The Morgan fingerprint density at radius 3 is 2.43 bits per heavy atom. The Hall–Kier alpha value is -5.87. The van der Waals surface area contributed by atoms with Crippen molar-refractivity contribution < 1.29 is 46.6 Å². The Bertz CT molecular complexity index is 2020. The molecule has 0 unspecified atom stereocenters. The number of carbonyl (C=O) groups is 4. The second-order valence-corrected chi connectivity index (χ2v) is 12.7. The van der Waals surface area contributed by atoms with Crippen molar-refractivity contribution in [1.29, 1.82) is 0 Å². The molecule has 1 aliphatic rings. The number of aryl methyl sites for hydroxylation is 1. The fourth-order valence-electron chi connectivity index (χ4n) is 5.79. The quantitative estimate of drug-likeness (QED) is 0.277. The predicted octanol–water partition coefficient (Wildman–Crippen LogP) is 4.29. The third-order valence-corrected chi connectivity index (χ3v) is 8.49. The summed E-state index contributed by atoms with van der Waals surface area (Å²) in [5.41, 5.74) is -0.844. The van der Waals surface area contributed by atoms with Crippen LogP contribution in [0.15, 0.2) is 48.5 Å². The smallest absolute Gasteiger partial charge is 0.433 e. The van der Waals surface area contributed by atoms with Crippen molar-refractivity contribution in [3.8, 4) is 23.0 Å². The maximum Gasteiger partial charge on any atom is 0.433 e. The zero-order valence-electron chi connectivity index (χ0n) is 29.8. The lowest BCUT2D eigenvalue weighted by atomic mass is 10.0. The molecule has 53 heavy (non-hydrogen) atoms. The van der Waals surface area contributed by atoms with E-state index in [1.165, 1.54) is 27.2 Å². The summed E-state index contributed by atoms with van der Waals surface area (Å²) in [7, 11) is 2.92. The largest absolute Gasteiger partial charge is 0.496 e. The number of amides is 4. The zero-order chi connectivity index (χ0) is 38.4. The maximum atomic E-state index is 13.8. The number of alkyl halides is 3. The van der Waals surface area contributed by atoms with Gasteiger partial charge in [0.1, 0.15) is 23.2 Å². The van der Waals surface area contributed by atoms with E-state index in [-0.39, 0.29) is 48.0 Å². The monoisotopic (exact) mass is 739 g/mol. The minimum absolute atomic E-state index is 0.0236. The molecule has 17 heteroatoms. The van der Waals surface area contributed by atoms with Gasteiger partial charge < -0.3 is 35.1 Å². The third kappa shape index (κ3) is 8.96. The van der Waals surface area contributed by atoms with Crippen LogP contribution in [0.2, 0.25) is 0 Å². The number of benzene rings is 2. The lowest BCUT2D eigenvalue weighted by molar-refractivity contribution is -0.142. The van der Waals surface area contributed by atoms with E-state index in [2.05, 4.69) is 26.0 Å². The Morgan fingerprint density at radius 1 is 0.981 bits per heavy atom. The molecular formula is C36H40F3N7O7. The van der Waals surface area contributed by atoms with E-state index in [1.807, 2.05) is 0 Å². The molecule has 3 heterocycles. The van der Waals surface area contributed by atoms with Crippen LogP contribution in [0.25, 0.3) is 5.65 Å². The highest BCUT2D eigenvalue weighted by molar-refractivity contribution is 5.97. The molecule has 0 saturated carbocycles. The van der Waals surface area contributed by atoms with Gasteiger partial charge in [0, 0.05) is 30.4 Å². The van der Waals surface area contributed by atoms with Crippen molar-refractivity contribution in [2.75, 3.05) is 33.9 Å². The molecule has 14 nitrogen and oxygen atoms in total. The van der Waals surface area contributed by atoms with Gasteiger partial charge in [0.15, 0.2) is 22.8 Å². The van der Waals surface area contributed by atoms with Gasteiger partial charge in [-0.2, -0.15) is 18.3 Å². The van der Waals surface area contributed by atoms with Crippen LogP contribution in [-0.4, -0.2) is 83.0 Å². The molecule has 0 radical (unpaired) electrons. The van der Waals surface area contributed by atoms with E-state index >= 15 is 0 Å². The van der Waals surface area contributed by atoms with Gasteiger partial charge in [0.05, 0.1) is 32.9 Å². The summed E-state index contributed by atoms with van der Waals surface area (Å²) in [4.78, 5) is 59.2. The molecule has 0 saturated heterocycles. The van der Waals surface area contributed by atoms with Gasteiger partial charge in [-0.05, 0) is 62.1 Å². The topological polar surface area (TPSA) is 165 Å². The third-order valence-electron chi connectivity index (χ3n) is 8.49. The van der Waals surface area contributed by atoms with Crippen molar-refractivity contribution in [2.24, 2.45) is 5.92 Å². The molecule has 2 aromatic carbocycles. The fourth-order valence-corrected chi connectivity index (χ4v) is 5.79. The summed E-state index contributed by atoms with van der Waals surface area (Å²) in [6, 6.07) is 10.6. The number of rotatable bonds is 4. The van der Waals surface area contributed by atoms with Crippen molar-refractivity contribution in [3.63, 3.8) is 0 Å². The average molecular weight is 740 g/mol. The second-order valence-electron chi connectivity index (χ2n) is 12.7. The van der Waals surface area contributed by atoms with E-state index in [4.69, 9.17) is 14.2 Å². The van der Waals surface area contributed by atoms with E-state index in [1.54, 1.807) is 44.2 Å². The molecule has 0 fully saturated rings. The van der Waals surface area contributed by atoms with Gasteiger partial charge >= 0.3 is 6.18 Å². The van der Waals surface area contributed by atoms with Crippen LogP contribution in [0.3, 0.4) is 0 Å². The SMILES string of the molecule is COc1ccc2cc1Oc1cccc(OC)c1CNC(=O)[C@@H](C(C)C)NC(=O)CN(C(=O)c1cc3nc(C)cc(C(F)(F)F)n3n1)CCCCNC2=O. The Balaban J connectivity index is 1.47. The summed E-state index contributed by atoms with van der Waals surface area (Å²) in [6.45, 7) is 4.42. The number of ether oxygens (including phenoxy) is 3. The summed E-state index contributed by atoms with van der Waals surface area (Å²) >= 11 is 0. The highest BCUT2D eigenvalue weighted by Gasteiger charge is 2.36. The maximum absolute atomic E-state index is 13.8. The molecule has 4 aromatic rings. The van der Waals surface area contributed by atoms with E-state index < -0.39 is 54.0 Å². The van der Waals surface area contributed by atoms with Gasteiger partial charge in [-0.25, -0.2) is 9.50 Å². The van der Waals surface area contributed by atoms with E-state index in [0.29, 0.717) is 40.2 Å². The molecule has 1 aliphatic heterocycles. The number of hydrogen-bond donors (Lipinski definition) is 3. The number of fused-ring (bicyclic) bond motifs is 4. The lowest BCUT2D eigenvalue weighted by Gasteiger charge is -2.26. The highest BCUT2D eigenvalue weighted by atomic mass is 19.4. The predicted molar refractivity (Wildman–Crippen MR) is 185 cm³/mol. The fraction of sp³-hybridized carbons (Fsp3) is 0.389. The van der Waals surface area contributed by atoms with Crippen LogP contribution in [0.5, 0.6) is 23.0 Å². The molecule has 0 aliphatic carbocycles. The molecule has 4 amide bonds. The lowest BCUT2D eigenvalue weighted by Crippen LogP contribution is -2.52. The first-order chi connectivity index (χ1) is 25.2. The Morgan fingerprint density at radius 2 is 1.74 bits per heavy atom. The number of methoxy groups -OCH3 is 2. The van der Waals surface area contributed by atoms with Crippen LogP contribution in [0.1, 0.15) is 64.5 Å². The van der Waals surface area contributed by atoms with Crippen LogP contribution >= 0.6 is 0 Å². The minimum atomic E-state index is -4.78. The van der Waals surface area contributed by atoms with Crippen LogP contribution < -0.4 is 30.2 Å². The average Bonchev–Trinajstić information content (AvgIpc) is 3.54. The molecule has 282 valence electrons. The van der Waals surface area contributed by atoms with Gasteiger partial charge in [-0.3, -0.25) is 19.2 Å². The summed E-state index contributed by atoms with van der Waals surface area (Å²) < 4.78 is 59.3. The van der Waals surface area contributed by atoms with Gasteiger partial charge in [0.25, 0.3) is 11.8 Å².